The number of hydrogen-bond donors (Lipinski definition) is 3. The lowest BCUT2D eigenvalue weighted by atomic mass is 10.1. The van der Waals surface area contributed by atoms with Crippen LogP contribution in [0.3, 0.4) is 0 Å². The lowest BCUT2D eigenvalue weighted by Crippen LogP contribution is -2.33. The van der Waals surface area contributed by atoms with E-state index in [1.165, 1.54) is 0 Å². The Bertz CT molecular complexity index is 1130. The molecule has 0 spiro atoms. The van der Waals surface area contributed by atoms with E-state index in [1.807, 2.05) is 36.2 Å². The molecule has 1 aliphatic carbocycles. The normalized spacial score (nSPS) is 22.3. The van der Waals surface area contributed by atoms with Crippen molar-refractivity contribution >= 4 is 11.7 Å². The molecule has 2 fully saturated rings. The van der Waals surface area contributed by atoms with Gasteiger partial charge in [-0.15, -0.1) is 10.2 Å². The van der Waals surface area contributed by atoms with Crippen LogP contribution in [0.25, 0.3) is 23.0 Å². The average molecular weight is 435 g/mol. The lowest BCUT2D eigenvalue weighted by molar-refractivity contribution is -0.131. The molecule has 3 aromatic rings. The fourth-order valence-corrected chi connectivity index (χ4v) is 4.17. The minimum Gasteiger partial charge on any atom is -0.414 e. The highest BCUT2D eigenvalue weighted by atomic mass is 16.4. The molecular weight excluding hydrogens is 408 g/mol. The molecule has 1 saturated carbocycles. The monoisotopic (exact) mass is 434 g/mol. The molecule has 3 atom stereocenters. The van der Waals surface area contributed by atoms with Gasteiger partial charge in [-0.2, -0.15) is 0 Å². The third-order valence-electron chi connectivity index (χ3n) is 6.05. The highest BCUT2D eigenvalue weighted by Gasteiger charge is 2.48. The maximum absolute atomic E-state index is 12.7. The number of aromatic nitrogens is 4. The quantitative estimate of drug-likeness (QED) is 0.519. The number of nitrogens with zero attached hydrogens (tertiary/aromatic N) is 5. The first-order valence-corrected chi connectivity index (χ1v) is 10.8. The first-order chi connectivity index (χ1) is 15.5. The second kappa shape index (κ2) is 8.29. The fourth-order valence-electron chi connectivity index (χ4n) is 4.17. The smallest absolute Gasteiger partial charge is 0.270 e. The number of nitrogens with two attached hydrogens (primary N) is 2. The Morgan fingerprint density at radius 2 is 2.03 bits per heavy atom. The summed E-state index contributed by atoms with van der Waals surface area (Å²) in [5, 5.41) is 11.4. The topological polar surface area (TPSA) is 149 Å². The highest BCUT2D eigenvalue weighted by Crippen LogP contribution is 2.48. The SMILES string of the molecule is CNCc1ccc(-c2nnc(-c3nc(C4CC4C(=O)N4CC[C@H](N)C4)cnc3N)o2)cc1. The molecule has 2 aromatic heterocycles. The molecule has 2 aliphatic rings. The number of nitrogens with one attached hydrogen (secondary N) is 1. The van der Waals surface area contributed by atoms with Gasteiger partial charge >= 0.3 is 0 Å². The van der Waals surface area contributed by atoms with Gasteiger partial charge < -0.3 is 26.1 Å². The van der Waals surface area contributed by atoms with E-state index in [-0.39, 0.29) is 35.5 Å². The fraction of sp³-hybridized carbons (Fsp3) is 0.409. The van der Waals surface area contributed by atoms with Crippen molar-refractivity contribution in [1.82, 2.24) is 30.4 Å². The number of benzene rings is 1. The number of amides is 1. The van der Waals surface area contributed by atoms with Gasteiger partial charge in [0.25, 0.3) is 5.89 Å². The van der Waals surface area contributed by atoms with Gasteiger partial charge in [0.2, 0.25) is 11.8 Å². The van der Waals surface area contributed by atoms with Gasteiger partial charge in [-0.1, -0.05) is 12.1 Å². The van der Waals surface area contributed by atoms with E-state index < -0.39 is 0 Å². The number of nitrogen functional groups attached to an aromatic ring is 1. The van der Waals surface area contributed by atoms with Crippen molar-refractivity contribution in [1.29, 1.82) is 0 Å². The van der Waals surface area contributed by atoms with Gasteiger partial charge in [0.15, 0.2) is 11.5 Å². The summed E-state index contributed by atoms with van der Waals surface area (Å²) in [6, 6.07) is 7.94. The Labute approximate surface area is 185 Å². The van der Waals surface area contributed by atoms with Crippen LogP contribution in [-0.2, 0) is 11.3 Å². The zero-order valence-electron chi connectivity index (χ0n) is 17.9. The van der Waals surface area contributed by atoms with Crippen LogP contribution < -0.4 is 16.8 Å². The van der Waals surface area contributed by atoms with E-state index >= 15 is 0 Å². The van der Waals surface area contributed by atoms with E-state index in [9.17, 15) is 4.79 Å². The summed E-state index contributed by atoms with van der Waals surface area (Å²) < 4.78 is 5.85. The Balaban J connectivity index is 1.33. The predicted molar refractivity (Wildman–Crippen MR) is 118 cm³/mol. The number of carbonyl (C=O) groups excluding carboxylic acids is 1. The molecule has 1 aliphatic heterocycles. The number of hydrogen-bond acceptors (Lipinski definition) is 9. The Hall–Kier alpha value is -3.37. The highest BCUT2D eigenvalue weighted by molar-refractivity contribution is 5.83. The van der Waals surface area contributed by atoms with E-state index in [2.05, 4.69) is 25.5 Å². The molecule has 10 heteroatoms. The molecule has 166 valence electrons. The number of carbonyl (C=O) groups is 1. The van der Waals surface area contributed by atoms with E-state index in [0.29, 0.717) is 23.8 Å². The van der Waals surface area contributed by atoms with Gasteiger partial charge in [-0.25, -0.2) is 9.97 Å². The molecule has 1 amide bonds. The van der Waals surface area contributed by atoms with Crippen LogP contribution in [0.15, 0.2) is 34.9 Å². The Kier molecular flexibility index (Phi) is 5.32. The van der Waals surface area contributed by atoms with E-state index in [4.69, 9.17) is 15.9 Å². The zero-order valence-corrected chi connectivity index (χ0v) is 17.9. The minimum absolute atomic E-state index is 0.0216. The van der Waals surface area contributed by atoms with Crippen molar-refractivity contribution in [2.45, 2.75) is 31.3 Å². The molecule has 2 unspecified atom stereocenters. The third-order valence-corrected chi connectivity index (χ3v) is 6.05. The van der Waals surface area contributed by atoms with Gasteiger partial charge in [0, 0.05) is 43.1 Å². The number of anilines is 1. The van der Waals surface area contributed by atoms with Crippen LogP contribution in [0.2, 0.25) is 0 Å². The second-order valence-corrected chi connectivity index (χ2v) is 8.45. The first-order valence-electron chi connectivity index (χ1n) is 10.8. The van der Waals surface area contributed by atoms with Crippen molar-refractivity contribution in [3.05, 3.63) is 41.7 Å². The summed E-state index contributed by atoms with van der Waals surface area (Å²) >= 11 is 0. The van der Waals surface area contributed by atoms with Crippen LogP contribution >= 0.6 is 0 Å². The second-order valence-electron chi connectivity index (χ2n) is 8.45. The van der Waals surface area contributed by atoms with Gasteiger partial charge in [0.1, 0.15) is 0 Å². The average Bonchev–Trinajstić information content (AvgIpc) is 3.22. The van der Waals surface area contributed by atoms with Crippen LogP contribution in [0.5, 0.6) is 0 Å². The van der Waals surface area contributed by atoms with Crippen molar-refractivity contribution < 1.29 is 9.21 Å². The summed E-state index contributed by atoms with van der Waals surface area (Å²) in [6.07, 6.45) is 3.23. The lowest BCUT2D eigenvalue weighted by Gasteiger charge is -2.15. The van der Waals surface area contributed by atoms with Crippen molar-refractivity contribution in [3.8, 4) is 23.0 Å². The third kappa shape index (κ3) is 3.94. The standard InChI is InChI=1S/C22H26N8O2/c1-25-9-12-2-4-13(5-3-12)20-28-29-21(32-20)18-19(24)26-10-17(27-18)15-8-16(15)22(31)30-7-6-14(23)11-30/h2-5,10,14-16,25H,6-9,11,23H2,1H3,(H2,24,26)/t14-,15?,16?/m0/s1. The number of rotatable bonds is 6. The molecule has 5 rings (SSSR count). The minimum atomic E-state index is -0.0829. The molecular formula is C22H26N8O2. The van der Waals surface area contributed by atoms with Crippen molar-refractivity contribution in [2.24, 2.45) is 11.7 Å². The molecule has 0 bridgehead atoms. The van der Waals surface area contributed by atoms with Crippen LogP contribution in [0, 0.1) is 5.92 Å². The van der Waals surface area contributed by atoms with Gasteiger partial charge in [0.05, 0.1) is 11.9 Å². The first kappa shape index (κ1) is 20.5. The van der Waals surface area contributed by atoms with Gasteiger partial charge in [-0.05, 0) is 37.6 Å². The summed E-state index contributed by atoms with van der Waals surface area (Å²) in [6.45, 7) is 2.13. The number of likely N-dealkylation sites (tertiary alicyclic amines) is 1. The summed E-state index contributed by atoms with van der Waals surface area (Å²) in [7, 11) is 1.90. The van der Waals surface area contributed by atoms with Crippen LogP contribution in [0.1, 0.15) is 30.0 Å². The van der Waals surface area contributed by atoms with Gasteiger partial charge in [-0.3, -0.25) is 4.79 Å². The predicted octanol–water partition coefficient (Wildman–Crippen LogP) is 1.16. The molecule has 3 heterocycles. The van der Waals surface area contributed by atoms with Crippen LogP contribution in [0.4, 0.5) is 5.82 Å². The van der Waals surface area contributed by atoms with Crippen molar-refractivity contribution in [3.63, 3.8) is 0 Å². The largest absolute Gasteiger partial charge is 0.414 e. The maximum atomic E-state index is 12.7. The van der Waals surface area contributed by atoms with Crippen LogP contribution in [-0.4, -0.2) is 57.2 Å². The molecule has 32 heavy (non-hydrogen) atoms. The summed E-state index contributed by atoms with van der Waals surface area (Å²) in [5.74, 6) is 0.883. The molecule has 10 nitrogen and oxygen atoms in total. The van der Waals surface area contributed by atoms with Crippen molar-refractivity contribution in [2.75, 3.05) is 25.9 Å². The molecule has 1 aromatic carbocycles. The molecule has 1 saturated heterocycles. The van der Waals surface area contributed by atoms with E-state index in [1.54, 1.807) is 6.20 Å². The Morgan fingerprint density at radius 1 is 1.25 bits per heavy atom. The Morgan fingerprint density at radius 3 is 2.75 bits per heavy atom. The van der Waals surface area contributed by atoms with E-state index in [0.717, 1.165) is 37.1 Å². The summed E-state index contributed by atoms with van der Waals surface area (Å²) in [5.41, 5.74) is 15.0. The summed E-state index contributed by atoms with van der Waals surface area (Å²) in [4.78, 5) is 23.5. The molecule has 5 N–H and O–H groups in total. The molecule has 0 radical (unpaired) electrons. The maximum Gasteiger partial charge on any atom is 0.270 e. The zero-order chi connectivity index (χ0) is 22.2.